The molecule has 0 saturated carbocycles. The highest BCUT2D eigenvalue weighted by molar-refractivity contribution is 7.99. The minimum Gasteiger partial charge on any atom is -0.466 e. The van der Waals surface area contributed by atoms with Crippen LogP contribution >= 0.6 is 11.8 Å². The molecular weight excluding hydrogens is 174 g/mol. The summed E-state index contributed by atoms with van der Waals surface area (Å²) in [6.07, 6.45) is 1.95. The van der Waals surface area contributed by atoms with Crippen molar-refractivity contribution < 1.29 is 9.53 Å². The maximum absolute atomic E-state index is 11.3. The van der Waals surface area contributed by atoms with E-state index in [2.05, 4.69) is 0 Å². The lowest BCUT2D eigenvalue weighted by Gasteiger charge is -2.25. The van der Waals surface area contributed by atoms with Crippen LogP contribution in [0.15, 0.2) is 0 Å². The Hall–Kier alpha value is -0.220. The highest BCUT2D eigenvalue weighted by Crippen LogP contribution is 2.27. The Morgan fingerprint density at radius 2 is 2.50 bits per heavy atom. The number of thioether (sulfide) groups is 1. The Morgan fingerprint density at radius 3 is 3.08 bits per heavy atom. The number of hydrogen-bond donors (Lipinski definition) is 1. The van der Waals surface area contributed by atoms with E-state index in [1.165, 1.54) is 0 Å². The number of hydrogen-bond acceptors (Lipinski definition) is 4. The Bertz CT molecular complexity index is 163. The molecule has 1 heterocycles. The third kappa shape index (κ3) is 2.38. The van der Waals surface area contributed by atoms with Gasteiger partial charge >= 0.3 is 5.97 Å². The summed E-state index contributed by atoms with van der Waals surface area (Å²) in [7, 11) is 0. The van der Waals surface area contributed by atoms with Crippen LogP contribution in [-0.4, -0.2) is 23.7 Å². The minimum absolute atomic E-state index is 0.0576. The van der Waals surface area contributed by atoms with E-state index in [9.17, 15) is 4.79 Å². The van der Waals surface area contributed by atoms with Crippen LogP contribution in [0.3, 0.4) is 0 Å². The molecule has 0 aliphatic carbocycles. The molecule has 1 rings (SSSR count). The fourth-order valence-corrected chi connectivity index (χ4v) is 2.39. The molecule has 0 aromatic rings. The van der Waals surface area contributed by atoms with Crippen molar-refractivity contribution in [3.8, 4) is 0 Å². The Balaban J connectivity index is 2.42. The van der Waals surface area contributed by atoms with Gasteiger partial charge in [0.2, 0.25) is 0 Å². The average Bonchev–Trinajstić information content (AvgIpc) is 2.05. The molecule has 1 aliphatic heterocycles. The first-order valence-electron chi connectivity index (χ1n) is 4.29. The molecule has 12 heavy (non-hydrogen) atoms. The normalized spacial score (nSPS) is 29.8. The Kier molecular flexibility index (Phi) is 3.88. The van der Waals surface area contributed by atoms with Gasteiger partial charge in [-0.05, 0) is 25.5 Å². The van der Waals surface area contributed by atoms with Crippen LogP contribution in [0, 0.1) is 5.92 Å². The molecular formula is C8H15NO2S. The minimum atomic E-state index is -0.128. The molecule has 2 unspecified atom stereocenters. The van der Waals surface area contributed by atoms with Gasteiger partial charge in [-0.2, -0.15) is 0 Å². The van der Waals surface area contributed by atoms with E-state index < -0.39 is 0 Å². The fraction of sp³-hybridized carbons (Fsp3) is 0.875. The van der Waals surface area contributed by atoms with Crippen molar-refractivity contribution in [1.29, 1.82) is 0 Å². The number of ether oxygens (including phenoxy) is 1. The molecule has 0 radical (unpaired) electrons. The van der Waals surface area contributed by atoms with Crippen LogP contribution < -0.4 is 5.73 Å². The number of nitrogens with two attached hydrogens (primary N) is 1. The number of carbonyl (C=O) groups excluding carboxylic acids is 1. The zero-order chi connectivity index (χ0) is 8.97. The summed E-state index contributed by atoms with van der Waals surface area (Å²) in [6, 6.07) is 0. The molecule has 1 fully saturated rings. The van der Waals surface area contributed by atoms with Crippen LogP contribution in [0.4, 0.5) is 0 Å². The second-order valence-electron chi connectivity index (χ2n) is 2.84. The summed E-state index contributed by atoms with van der Waals surface area (Å²) in [5.41, 5.74) is 5.77. The van der Waals surface area contributed by atoms with Crippen molar-refractivity contribution in [2.45, 2.75) is 25.1 Å². The Labute approximate surface area is 77.0 Å². The second-order valence-corrected chi connectivity index (χ2v) is 4.12. The van der Waals surface area contributed by atoms with Gasteiger partial charge in [-0.15, -0.1) is 11.8 Å². The van der Waals surface area contributed by atoms with E-state index in [4.69, 9.17) is 10.5 Å². The molecule has 4 heteroatoms. The largest absolute Gasteiger partial charge is 0.466 e. The number of esters is 1. The van der Waals surface area contributed by atoms with Crippen LogP contribution in [0.1, 0.15) is 19.8 Å². The molecule has 1 aliphatic rings. The summed E-state index contributed by atoms with van der Waals surface area (Å²) in [5.74, 6) is 0.859. The van der Waals surface area contributed by atoms with Crippen molar-refractivity contribution in [3.63, 3.8) is 0 Å². The lowest BCUT2D eigenvalue weighted by Crippen LogP contribution is -2.36. The highest BCUT2D eigenvalue weighted by Gasteiger charge is 2.29. The highest BCUT2D eigenvalue weighted by atomic mass is 32.2. The molecule has 2 N–H and O–H groups in total. The maximum atomic E-state index is 11.3. The zero-order valence-corrected chi connectivity index (χ0v) is 8.10. The molecule has 0 bridgehead atoms. The van der Waals surface area contributed by atoms with Gasteiger partial charge in [-0.25, -0.2) is 0 Å². The standard InChI is InChI=1S/C8H15NO2S/c1-2-11-8(10)6-4-3-5-12-7(6)9/h6-7H,2-5,9H2,1H3. The maximum Gasteiger partial charge on any atom is 0.311 e. The topological polar surface area (TPSA) is 52.3 Å². The van der Waals surface area contributed by atoms with E-state index >= 15 is 0 Å². The van der Waals surface area contributed by atoms with Crippen molar-refractivity contribution in [2.24, 2.45) is 11.7 Å². The molecule has 2 atom stereocenters. The predicted octanol–water partition coefficient (Wildman–Crippen LogP) is 0.978. The third-order valence-electron chi connectivity index (χ3n) is 1.96. The first-order valence-corrected chi connectivity index (χ1v) is 5.34. The first-order chi connectivity index (χ1) is 5.75. The monoisotopic (exact) mass is 189 g/mol. The number of rotatable bonds is 2. The van der Waals surface area contributed by atoms with Gasteiger partial charge in [0.25, 0.3) is 0 Å². The van der Waals surface area contributed by atoms with Crippen LogP contribution in [0.2, 0.25) is 0 Å². The number of carbonyl (C=O) groups is 1. The van der Waals surface area contributed by atoms with Crippen molar-refractivity contribution >= 4 is 17.7 Å². The van der Waals surface area contributed by atoms with Crippen LogP contribution in [-0.2, 0) is 9.53 Å². The molecule has 70 valence electrons. The first kappa shape index (κ1) is 9.86. The molecule has 0 aromatic heterocycles. The van der Waals surface area contributed by atoms with Gasteiger partial charge in [0.05, 0.1) is 17.9 Å². The van der Waals surface area contributed by atoms with Crippen LogP contribution in [0.25, 0.3) is 0 Å². The van der Waals surface area contributed by atoms with Gasteiger partial charge in [0, 0.05) is 0 Å². The van der Waals surface area contributed by atoms with Gasteiger partial charge < -0.3 is 10.5 Å². The lowest BCUT2D eigenvalue weighted by atomic mass is 10.0. The summed E-state index contributed by atoms with van der Waals surface area (Å²) in [5, 5.41) is -0.0576. The van der Waals surface area contributed by atoms with Crippen LogP contribution in [0.5, 0.6) is 0 Å². The van der Waals surface area contributed by atoms with E-state index in [0.29, 0.717) is 6.61 Å². The summed E-state index contributed by atoms with van der Waals surface area (Å²) in [4.78, 5) is 11.3. The SMILES string of the molecule is CCOC(=O)C1CCCSC1N. The fourth-order valence-electron chi connectivity index (χ4n) is 1.30. The van der Waals surface area contributed by atoms with Gasteiger partial charge in [-0.3, -0.25) is 4.79 Å². The smallest absolute Gasteiger partial charge is 0.311 e. The molecule has 1 saturated heterocycles. The molecule has 0 spiro atoms. The molecule has 3 nitrogen and oxygen atoms in total. The van der Waals surface area contributed by atoms with Crippen molar-refractivity contribution in [2.75, 3.05) is 12.4 Å². The quantitative estimate of drug-likeness (QED) is 0.658. The lowest BCUT2D eigenvalue weighted by molar-refractivity contribution is -0.148. The zero-order valence-electron chi connectivity index (χ0n) is 7.29. The van der Waals surface area contributed by atoms with E-state index in [1.807, 2.05) is 6.92 Å². The average molecular weight is 189 g/mol. The van der Waals surface area contributed by atoms with Crippen molar-refractivity contribution in [1.82, 2.24) is 0 Å². The molecule has 0 amide bonds. The third-order valence-corrected chi connectivity index (χ3v) is 3.19. The predicted molar refractivity (Wildman–Crippen MR) is 49.8 cm³/mol. The molecule has 0 aromatic carbocycles. The summed E-state index contributed by atoms with van der Waals surface area (Å²) in [6.45, 7) is 2.27. The second kappa shape index (κ2) is 4.72. The van der Waals surface area contributed by atoms with Crippen molar-refractivity contribution in [3.05, 3.63) is 0 Å². The van der Waals surface area contributed by atoms with Gasteiger partial charge in [0.1, 0.15) is 0 Å². The summed E-state index contributed by atoms with van der Waals surface area (Å²) >= 11 is 1.66. The van der Waals surface area contributed by atoms with E-state index in [-0.39, 0.29) is 17.3 Å². The van der Waals surface area contributed by atoms with Gasteiger partial charge in [-0.1, -0.05) is 0 Å². The summed E-state index contributed by atoms with van der Waals surface area (Å²) < 4.78 is 4.92. The van der Waals surface area contributed by atoms with E-state index in [1.54, 1.807) is 11.8 Å². The Morgan fingerprint density at radius 1 is 1.75 bits per heavy atom. The van der Waals surface area contributed by atoms with E-state index in [0.717, 1.165) is 18.6 Å². The van der Waals surface area contributed by atoms with Gasteiger partial charge in [0.15, 0.2) is 0 Å².